The van der Waals surface area contributed by atoms with Crippen LogP contribution in [0.5, 0.6) is 0 Å². The van der Waals surface area contributed by atoms with E-state index in [-0.39, 0.29) is 4.75 Å². The second kappa shape index (κ2) is 8.45. The van der Waals surface area contributed by atoms with Crippen LogP contribution in [0, 0.1) is 0 Å². The molecule has 0 saturated heterocycles. The van der Waals surface area contributed by atoms with Gasteiger partial charge in [-0.05, 0) is 45.8 Å². The summed E-state index contributed by atoms with van der Waals surface area (Å²) in [5.74, 6) is 1.37. The van der Waals surface area contributed by atoms with E-state index < -0.39 is 0 Å². The van der Waals surface area contributed by atoms with Gasteiger partial charge in [0.2, 0.25) is 0 Å². The van der Waals surface area contributed by atoms with Crippen molar-refractivity contribution in [3.05, 3.63) is 65.8 Å². The Morgan fingerprint density at radius 3 is 2.47 bits per heavy atom. The average molecular weight is 437 g/mol. The third-order valence-corrected chi connectivity index (χ3v) is 5.64. The molecule has 0 unspecified atom stereocenters. The number of aromatic amines is 1. The maximum atomic E-state index is 5.99. The molecule has 0 radical (unpaired) electrons. The molecule has 8 heteroatoms. The number of nitrogens with one attached hydrogen (secondary N) is 2. The monoisotopic (exact) mass is 436 g/mol. The van der Waals surface area contributed by atoms with Gasteiger partial charge in [0.1, 0.15) is 5.82 Å². The van der Waals surface area contributed by atoms with E-state index in [1.165, 1.54) is 0 Å². The first-order chi connectivity index (χ1) is 14.4. The topological polar surface area (TPSA) is 79.4 Å². The number of pyridine rings is 1. The molecule has 4 rings (SSSR count). The van der Waals surface area contributed by atoms with Crippen LogP contribution in [0.4, 0.5) is 11.5 Å². The Kier molecular flexibility index (Phi) is 5.74. The lowest BCUT2D eigenvalue weighted by Gasteiger charge is -2.21. The highest BCUT2D eigenvalue weighted by Crippen LogP contribution is 2.40. The van der Waals surface area contributed by atoms with Crippen LogP contribution in [0.3, 0.4) is 0 Å². The minimum atomic E-state index is 0.0643. The molecular weight excluding hydrogens is 416 g/mol. The minimum absolute atomic E-state index is 0.0643. The van der Waals surface area contributed by atoms with Crippen LogP contribution < -0.4 is 5.32 Å². The number of anilines is 2. The third-order valence-electron chi connectivity index (χ3n) is 4.22. The summed E-state index contributed by atoms with van der Waals surface area (Å²) in [6, 6.07) is 18.1. The zero-order valence-corrected chi connectivity index (χ0v) is 18.4. The number of aromatic nitrogens is 5. The summed E-state index contributed by atoms with van der Waals surface area (Å²) in [6.07, 6.45) is 1.64. The SMILES string of the molecule is CC(C)(C)Sc1ccc(-c2ccccc2-c2nnn[nH]2)cc1Nc1ccc(Cl)cn1. The summed E-state index contributed by atoms with van der Waals surface area (Å²) in [5, 5.41) is 18.4. The van der Waals surface area contributed by atoms with E-state index in [4.69, 9.17) is 11.6 Å². The van der Waals surface area contributed by atoms with Gasteiger partial charge in [0, 0.05) is 21.4 Å². The average Bonchev–Trinajstić information content (AvgIpc) is 3.25. The number of benzene rings is 2. The highest BCUT2D eigenvalue weighted by molar-refractivity contribution is 8.00. The van der Waals surface area contributed by atoms with Gasteiger partial charge in [0.05, 0.1) is 10.7 Å². The molecule has 2 aromatic carbocycles. The lowest BCUT2D eigenvalue weighted by molar-refractivity contribution is 0.803. The summed E-state index contributed by atoms with van der Waals surface area (Å²) >= 11 is 7.79. The van der Waals surface area contributed by atoms with E-state index in [0.29, 0.717) is 10.8 Å². The zero-order chi connectivity index (χ0) is 21.1. The molecule has 2 aromatic heterocycles. The molecule has 0 bridgehead atoms. The van der Waals surface area contributed by atoms with Gasteiger partial charge in [-0.25, -0.2) is 10.1 Å². The first-order valence-corrected chi connectivity index (χ1v) is 10.6. The summed E-state index contributed by atoms with van der Waals surface area (Å²) in [4.78, 5) is 5.53. The van der Waals surface area contributed by atoms with E-state index in [9.17, 15) is 0 Å². The fourth-order valence-electron chi connectivity index (χ4n) is 3.02. The van der Waals surface area contributed by atoms with Gasteiger partial charge in [0.25, 0.3) is 0 Å². The van der Waals surface area contributed by atoms with Crippen LogP contribution in [0.25, 0.3) is 22.5 Å². The first kappa shape index (κ1) is 20.4. The highest BCUT2D eigenvalue weighted by atomic mass is 35.5. The molecule has 2 heterocycles. The molecule has 0 fully saturated rings. The number of nitrogens with zero attached hydrogens (tertiary/aromatic N) is 4. The zero-order valence-electron chi connectivity index (χ0n) is 16.8. The first-order valence-electron chi connectivity index (χ1n) is 9.44. The fourth-order valence-corrected chi connectivity index (χ4v) is 4.14. The predicted octanol–water partition coefficient (Wildman–Crippen LogP) is 6.22. The molecule has 2 N–H and O–H groups in total. The highest BCUT2D eigenvalue weighted by Gasteiger charge is 2.17. The van der Waals surface area contributed by atoms with Crippen LogP contribution in [0.1, 0.15) is 20.8 Å². The Balaban J connectivity index is 1.78. The standard InChI is InChI=1S/C22H21ClN6S/c1-22(2,3)30-19-10-8-14(12-18(19)25-20-11-9-15(23)13-24-20)16-6-4-5-7-17(16)21-26-28-29-27-21/h4-13H,1-3H3,(H,24,25)(H,26,27,28,29). The van der Waals surface area contributed by atoms with Crippen molar-refractivity contribution in [2.45, 2.75) is 30.4 Å². The van der Waals surface area contributed by atoms with Crippen molar-refractivity contribution in [3.63, 3.8) is 0 Å². The minimum Gasteiger partial charge on any atom is -0.339 e. The number of tetrazole rings is 1. The van der Waals surface area contributed by atoms with Crippen molar-refractivity contribution in [1.29, 1.82) is 0 Å². The maximum absolute atomic E-state index is 5.99. The Morgan fingerprint density at radius 2 is 1.80 bits per heavy atom. The molecule has 6 nitrogen and oxygen atoms in total. The van der Waals surface area contributed by atoms with Gasteiger partial charge in [-0.1, -0.05) is 62.7 Å². The lowest BCUT2D eigenvalue weighted by Crippen LogP contribution is -2.07. The van der Waals surface area contributed by atoms with Crippen molar-refractivity contribution >= 4 is 34.9 Å². The summed E-state index contributed by atoms with van der Waals surface area (Å²) < 4.78 is 0.0643. The van der Waals surface area contributed by atoms with Crippen molar-refractivity contribution in [1.82, 2.24) is 25.6 Å². The molecule has 0 amide bonds. The van der Waals surface area contributed by atoms with Crippen LogP contribution >= 0.6 is 23.4 Å². The third kappa shape index (κ3) is 4.80. The van der Waals surface area contributed by atoms with Gasteiger partial charge in [-0.15, -0.1) is 16.9 Å². The van der Waals surface area contributed by atoms with Gasteiger partial charge >= 0.3 is 0 Å². The van der Waals surface area contributed by atoms with E-state index >= 15 is 0 Å². The Morgan fingerprint density at radius 1 is 1.00 bits per heavy atom. The number of H-pyrrole nitrogens is 1. The largest absolute Gasteiger partial charge is 0.339 e. The van der Waals surface area contributed by atoms with Crippen LogP contribution in [-0.4, -0.2) is 30.4 Å². The second-order valence-corrected chi connectivity index (χ2v) is 10.0. The molecule has 152 valence electrons. The second-order valence-electron chi connectivity index (χ2n) is 7.71. The van der Waals surface area contributed by atoms with E-state index in [2.05, 4.69) is 76.0 Å². The summed E-state index contributed by atoms with van der Waals surface area (Å²) in [7, 11) is 0. The molecule has 0 atom stereocenters. The maximum Gasteiger partial charge on any atom is 0.180 e. The van der Waals surface area contributed by atoms with Crippen molar-refractivity contribution in [2.75, 3.05) is 5.32 Å². The number of hydrogen-bond acceptors (Lipinski definition) is 6. The quantitative estimate of drug-likeness (QED) is 0.362. The lowest BCUT2D eigenvalue weighted by atomic mass is 9.99. The summed E-state index contributed by atoms with van der Waals surface area (Å²) in [6.45, 7) is 6.59. The Labute approximate surface area is 184 Å². The molecule has 0 aliphatic carbocycles. The number of thioether (sulfide) groups is 1. The number of rotatable bonds is 5. The molecule has 4 aromatic rings. The molecule has 0 aliphatic heterocycles. The van der Waals surface area contributed by atoms with E-state index in [0.717, 1.165) is 33.1 Å². The van der Waals surface area contributed by atoms with Crippen LogP contribution in [0.15, 0.2) is 65.7 Å². The molecule has 30 heavy (non-hydrogen) atoms. The van der Waals surface area contributed by atoms with Gasteiger partial charge in [-0.3, -0.25) is 0 Å². The number of halogens is 1. The van der Waals surface area contributed by atoms with E-state index in [1.807, 2.05) is 30.3 Å². The predicted molar refractivity (Wildman–Crippen MR) is 123 cm³/mol. The van der Waals surface area contributed by atoms with Gasteiger partial charge in [-0.2, -0.15) is 0 Å². The normalized spacial score (nSPS) is 11.5. The number of hydrogen-bond donors (Lipinski definition) is 2. The molecule has 0 aliphatic rings. The molecule has 0 spiro atoms. The Bertz CT molecular complexity index is 1140. The fraction of sp³-hybridized carbons (Fsp3) is 0.182. The van der Waals surface area contributed by atoms with Crippen LogP contribution in [0.2, 0.25) is 5.02 Å². The molecule has 0 saturated carbocycles. The van der Waals surface area contributed by atoms with Gasteiger partial charge in [0.15, 0.2) is 5.82 Å². The van der Waals surface area contributed by atoms with Gasteiger partial charge < -0.3 is 5.32 Å². The van der Waals surface area contributed by atoms with Crippen molar-refractivity contribution in [3.8, 4) is 22.5 Å². The molecular formula is C22H21ClN6S. The van der Waals surface area contributed by atoms with Crippen molar-refractivity contribution < 1.29 is 0 Å². The van der Waals surface area contributed by atoms with Crippen molar-refractivity contribution in [2.24, 2.45) is 0 Å². The summed E-state index contributed by atoms with van der Waals surface area (Å²) in [5.41, 5.74) is 4.01. The smallest absolute Gasteiger partial charge is 0.180 e. The van der Waals surface area contributed by atoms with E-state index in [1.54, 1.807) is 18.0 Å². The Hall–Kier alpha value is -2.90. The van der Waals surface area contributed by atoms with Crippen LogP contribution in [-0.2, 0) is 0 Å².